The summed E-state index contributed by atoms with van der Waals surface area (Å²) >= 11 is 0. The first-order chi connectivity index (χ1) is 13.0. The van der Waals surface area contributed by atoms with Crippen LogP contribution in [0.5, 0.6) is 0 Å². The maximum Gasteiger partial charge on any atom is 0.285 e. The number of carbonyl (C=O) groups excluding carboxylic acids is 1. The minimum atomic E-state index is -3.67. The zero-order valence-corrected chi connectivity index (χ0v) is 14.9. The van der Waals surface area contributed by atoms with Crippen LogP contribution in [0.4, 0.5) is 11.4 Å². The van der Waals surface area contributed by atoms with Crippen LogP contribution in [0.2, 0.25) is 0 Å². The van der Waals surface area contributed by atoms with E-state index in [1.54, 1.807) is 42.5 Å². The number of amides is 1. The Morgan fingerprint density at radius 3 is 2.19 bits per heavy atom. The number of carbonyl (C=O) groups is 1. The first kappa shape index (κ1) is 17.0. The highest BCUT2D eigenvalue weighted by molar-refractivity contribution is 7.90. The van der Waals surface area contributed by atoms with E-state index in [1.165, 1.54) is 6.07 Å². The lowest BCUT2D eigenvalue weighted by Gasteiger charge is -2.08. The molecule has 0 bridgehead atoms. The van der Waals surface area contributed by atoms with E-state index in [0.717, 1.165) is 0 Å². The number of nitrogens with zero attached hydrogens (tertiary/aromatic N) is 1. The van der Waals surface area contributed by atoms with Crippen LogP contribution < -0.4 is 10.6 Å². The number of amidine groups is 1. The van der Waals surface area contributed by atoms with Gasteiger partial charge in [0.25, 0.3) is 15.9 Å². The molecule has 0 spiro atoms. The zero-order valence-electron chi connectivity index (χ0n) is 14.1. The second-order valence-electron chi connectivity index (χ2n) is 5.93. The van der Waals surface area contributed by atoms with Crippen LogP contribution in [-0.4, -0.2) is 20.2 Å². The van der Waals surface area contributed by atoms with Gasteiger partial charge >= 0.3 is 0 Å². The third-order valence-electron chi connectivity index (χ3n) is 4.07. The van der Waals surface area contributed by atoms with E-state index >= 15 is 0 Å². The molecule has 0 unspecified atom stereocenters. The molecule has 7 heteroatoms. The molecule has 3 aromatic rings. The number of para-hydroxylation sites is 1. The number of nitrogens with one attached hydrogen (secondary N) is 2. The molecule has 6 nitrogen and oxygen atoms in total. The zero-order chi connectivity index (χ0) is 18.9. The van der Waals surface area contributed by atoms with Crippen LogP contribution in [-0.2, 0) is 10.0 Å². The van der Waals surface area contributed by atoms with E-state index in [-0.39, 0.29) is 16.6 Å². The summed E-state index contributed by atoms with van der Waals surface area (Å²) < 4.78 is 28.0. The standard InChI is InChI=1S/C20H15N3O3S/c24-20(22-15-6-2-1-3-7-15)14-10-12-16(13-11-14)21-19-17-8-4-5-9-18(17)27(25,26)23-19/h1-13H,(H,21,23)(H,22,24). The van der Waals surface area contributed by atoms with Crippen LogP contribution in [0.3, 0.4) is 0 Å². The Morgan fingerprint density at radius 1 is 0.778 bits per heavy atom. The van der Waals surface area contributed by atoms with E-state index in [2.05, 4.69) is 15.0 Å². The van der Waals surface area contributed by atoms with Gasteiger partial charge in [0.1, 0.15) is 4.90 Å². The summed E-state index contributed by atoms with van der Waals surface area (Å²) in [5.74, 6) is 0.0472. The van der Waals surface area contributed by atoms with Crippen LogP contribution in [0.15, 0.2) is 88.2 Å². The third kappa shape index (κ3) is 3.45. The molecule has 0 saturated carbocycles. The fourth-order valence-corrected chi connectivity index (χ4v) is 3.94. The smallest absolute Gasteiger partial charge is 0.285 e. The molecule has 1 aliphatic heterocycles. The molecule has 0 saturated heterocycles. The molecule has 0 aliphatic carbocycles. The van der Waals surface area contributed by atoms with Crippen LogP contribution in [0.25, 0.3) is 0 Å². The molecule has 2 N–H and O–H groups in total. The Bertz CT molecular complexity index is 1140. The summed E-state index contributed by atoms with van der Waals surface area (Å²) in [7, 11) is -3.67. The van der Waals surface area contributed by atoms with Gasteiger partial charge in [0.15, 0.2) is 5.84 Å². The lowest BCUT2D eigenvalue weighted by molar-refractivity contribution is 0.102. The average molecular weight is 377 g/mol. The van der Waals surface area contributed by atoms with Crippen LogP contribution in [0.1, 0.15) is 15.9 Å². The van der Waals surface area contributed by atoms with Gasteiger partial charge in [0.05, 0.1) is 0 Å². The van der Waals surface area contributed by atoms with Crippen molar-refractivity contribution in [3.8, 4) is 0 Å². The van der Waals surface area contributed by atoms with Crippen LogP contribution >= 0.6 is 0 Å². The summed E-state index contributed by atoms with van der Waals surface area (Å²) in [6.45, 7) is 0. The molecule has 1 aliphatic rings. The number of sulfonamides is 1. The molecular formula is C20H15N3O3S. The van der Waals surface area contributed by atoms with Crippen molar-refractivity contribution in [1.82, 2.24) is 0 Å². The molecule has 27 heavy (non-hydrogen) atoms. The topological polar surface area (TPSA) is 87.6 Å². The minimum absolute atomic E-state index is 0.186. The molecular weight excluding hydrogens is 362 g/mol. The van der Waals surface area contributed by atoms with Gasteiger partial charge in [0, 0.05) is 22.5 Å². The first-order valence-electron chi connectivity index (χ1n) is 8.21. The summed E-state index contributed by atoms with van der Waals surface area (Å²) in [5.41, 5.74) is 2.37. The van der Waals surface area contributed by atoms with Gasteiger partial charge in [-0.05, 0) is 48.5 Å². The van der Waals surface area contributed by atoms with Crippen molar-refractivity contribution in [2.45, 2.75) is 4.90 Å². The van der Waals surface area contributed by atoms with Gasteiger partial charge in [-0.1, -0.05) is 30.3 Å². The van der Waals surface area contributed by atoms with Gasteiger partial charge in [-0.25, -0.2) is 0 Å². The van der Waals surface area contributed by atoms with Gasteiger partial charge in [0.2, 0.25) is 0 Å². The highest BCUT2D eigenvalue weighted by atomic mass is 32.2. The quantitative estimate of drug-likeness (QED) is 0.731. The number of rotatable bonds is 3. The van der Waals surface area contributed by atoms with Crippen molar-refractivity contribution in [3.05, 3.63) is 90.0 Å². The fraction of sp³-hybridized carbons (Fsp3) is 0. The summed E-state index contributed by atoms with van der Waals surface area (Å²) in [6, 6.07) is 22.6. The molecule has 1 heterocycles. The minimum Gasteiger partial charge on any atom is -0.339 e. The maximum atomic E-state index is 12.3. The number of anilines is 2. The lowest BCUT2D eigenvalue weighted by Crippen LogP contribution is -2.13. The molecule has 0 aromatic heterocycles. The van der Waals surface area contributed by atoms with E-state index in [0.29, 0.717) is 22.5 Å². The highest BCUT2D eigenvalue weighted by Crippen LogP contribution is 2.26. The number of hydrogen-bond donors (Lipinski definition) is 2. The van der Waals surface area contributed by atoms with Gasteiger partial charge in [-0.15, -0.1) is 4.40 Å². The third-order valence-corrected chi connectivity index (χ3v) is 5.41. The SMILES string of the molecule is O=C(Nc1ccccc1)c1ccc(NC2=NS(=O)(=O)c3ccccc32)cc1. The van der Waals surface area contributed by atoms with Crippen LogP contribution in [0, 0.1) is 0 Å². The van der Waals surface area contributed by atoms with Gasteiger partial charge in [-0.2, -0.15) is 8.42 Å². The van der Waals surface area contributed by atoms with Crippen molar-refractivity contribution in [2.75, 3.05) is 10.6 Å². The maximum absolute atomic E-state index is 12.3. The predicted octanol–water partition coefficient (Wildman–Crippen LogP) is 3.50. The Balaban J connectivity index is 1.51. The van der Waals surface area contributed by atoms with E-state index in [4.69, 9.17) is 0 Å². The second kappa shape index (κ2) is 6.69. The molecule has 0 fully saturated rings. The van der Waals surface area contributed by atoms with Gasteiger partial charge in [-0.3, -0.25) is 4.79 Å². The number of hydrogen-bond acceptors (Lipinski definition) is 4. The number of benzene rings is 3. The molecule has 0 atom stereocenters. The van der Waals surface area contributed by atoms with Crippen molar-refractivity contribution in [1.29, 1.82) is 0 Å². The predicted molar refractivity (Wildman–Crippen MR) is 105 cm³/mol. The molecule has 4 rings (SSSR count). The molecule has 3 aromatic carbocycles. The Labute approximate surface area is 156 Å². The van der Waals surface area contributed by atoms with Gasteiger partial charge < -0.3 is 10.6 Å². The molecule has 1 amide bonds. The fourth-order valence-electron chi connectivity index (χ4n) is 2.76. The van der Waals surface area contributed by atoms with E-state index in [9.17, 15) is 13.2 Å². The van der Waals surface area contributed by atoms with Crippen molar-refractivity contribution in [2.24, 2.45) is 4.40 Å². The summed E-state index contributed by atoms with van der Waals surface area (Å²) in [6.07, 6.45) is 0. The van der Waals surface area contributed by atoms with Crippen molar-refractivity contribution in [3.63, 3.8) is 0 Å². The van der Waals surface area contributed by atoms with Crippen molar-refractivity contribution >= 4 is 33.1 Å². The van der Waals surface area contributed by atoms with E-state index in [1.807, 2.05) is 30.3 Å². The largest absolute Gasteiger partial charge is 0.339 e. The highest BCUT2D eigenvalue weighted by Gasteiger charge is 2.28. The van der Waals surface area contributed by atoms with E-state index < -0.39 is 10.0 Å². The Morgan fingerprint density at radius 2 is 1.44 bits per heavy atom. The Hall–Kier alpha value is -3.45. The monoisotopic (exact) mass is 377 g/mol. The first-order valence-corrected chi connectivity index (χ1v) is 9.65. The molecule has 0 radical (unpaired) electrons. The average Bonchev–Trinajstić information content (AvgIpc) is 2.94. The molecule has 134 valence electrons. The lowest BCUT2D eigenvalue weighted by atomic mass is 10.1. The summed E-state index contributed by atoms with van der Waals surface area (Å²) in [5, 5.41) is 5.82. The summed E-state index contributed by atoms with van der Waals surface area (Å²) in [4.78, 5) is 12.5. The van der Waals surface area contributed by atoms with Crippen molar-refractivity contribution < 1.29 is 13.2 Å². The second-order valence-corrected chi connectivity index (χ2v) is 7.51. The normalized spacial score (nSPS) is 14.1. The number of fused-ring (bicyclic) bond motifs is 1. The Kier molecular flexibility index (Phi) is 4.21.